The zero-order chi connectivity index (χ0) is 20.7. The van der Waals surface area contributed by atoms with Crippen LogP contribution in [0, 0.1) is 11.3 Å². The summed E-state index contributed by atoms with van der Waals surface area (Å²) in [6, 6.07) is 0.290. The van der Waals surface area contributed by atoms with E-state index < -0.39 is 0 Å². The lowest BCUT2D eigenvalue weighted by molar-refractivity contribution is -0.136. The third-order valence-electron chi connectivity index (χ3n) is 5.16. The Morgan fingerprint density at radius 1 is 1.29 bits per heavy atom. The topological polar surface area (TPSA) is 59.5 Å². The van der Waals surface area contributed by atoms with Crippen LogP contribution in [0.2, 0.25) is 0 Å². The second-order valence-corrected chi connectivity index (χ2v) is 10.2. The molecule has 6 heteroatoms. The van der Waals surface area contributed by atoms with E-state index in [9.17, 15) is 9.59 Å². The van der Waals surface area contributed by atoms with E-state index in [1.54, 1.807) is 12.3 Å². The highest BCUT2D eigenvalue weighted by Crippen LogP contribution is 2.29. The van der Waals surface area contributed by atoms with Crippen molar-refractivity contribution in [3.05, 3.63) is 16.1 Å². The van der Waals surface area contributed by atoms with Crippen LogP contribution >= 0.6 is 11.3 Å². The smallest absolute Gasteiger partial charge is 0.357 e. The summed E-state index contributed by atoms with van der Waals surface area (Å²) in [5.74, 6) is 0.181. The molecule has 28 heavy (non-hydrogen) atoms. The van der Waals surface area contributed by atoms with Gasteiger partial charge in [-0.3, -0.25) is 4.79 Å². The summed E-state index contributed by atoms with van der Waals surface area (Å²) in [7, 11) is 0. The van der Waals surface area contributed by atoms with Crippen LogP contribution in [-0.2, 0) is 16.1 Å². The summed E-state index contributed by atoms with van der Waals surface area (Å²) in [4.78, 5) is 31.6. The van der Waals surface area contributed by atoms with Gasteiger partial charge in [-0.2, -0.15) is 0 Å². The van der Waals surface area contributed by atoms with Crippen LogP contribution in [0.5, 0.6) is 0 Å². The van der Waals surface area contributed by atoms with Crippen LogP contribution in [0.4, 0.5) is 0 Å². The average molecular weight is 409 g/mol. The molecule has 1 amide bonds. The van der Waals surface area contributed by atoms with Gasteiger partial charge in [-0.15, -0.1) is 11.3 Å². The molecule has 0 bridgehead atoms. The van der Waals surface area contributed by atoms with Gasteiger partial charge >= 0.3 is 5.97 Å². The molecule has 0 aromatic carbocycles. The molecule has 1 saturated carbocycles. The van der Waals surface area contributed by atoms with E-state index in [4.69, 9.17) is 4.74 Å². The molecule has 5 nitrogen and oxygen atoms in total. The molecule has 0 aliphatic heterocycles. The highest BCUT2D eigenvalue weighted by molar-refractivity contribution is 7.09. The minimum Gasteiger partial charge on any atom is -0.461 e. The largest absolute Gasteiger partial charge is 0.461 e. The number of carbonyl (C=O) groups excluding carboxylic acids is 2. The first-order chi connectivity index (χ1) is 13.2. The summed E-state index contributed by atoms with van der Waals surface area (Å²) in [5.41, 5.74) is 0.568. The SMILES string of the molecule is CCOC(=O)c1csc(CN(C(=O)CC(C)CC(C)(C)C)C2CCCCC2)n1. The summed E-state index contributed by atoms with van der Waals surface area (Å²) >= 11 is 1.44. The van der Waals surface area contributed by atoms with Crippen LogP contribution in [0.3, 0.4) is 0 Å². The van der Waals surface area contributed by atoms with Crippen molar-refractivity contribution < 1.29 is 14.3 Å². The number of amides is 1. The monoisotopic (exact) mass is 408 g/mol. The first-order valence-corrected chi connectivity index (χ1v) is 11.5. The number of rotatable bonds is 8. The van der Waals surface area contributed by atoms with Gasteiger partial charge in [0.1, 0.15) is 5.01 Å². The Balaban J connectivity index is 2.09. The highest BCUT2D eigenvalue weighted by atomic mass is 32.1. The second-order valence-electron chi connectivity index (χ2n) is 9.23. The molecule has 1 aliphatic carbocycles. The molecule has 0 saturated heterocycles. The summed E-state index contributed by atoms with van der Waals surface area (Å²) in [6.07, 6.45) is 7.34. The van der Waals surface area contributed by atoms with E-state index in [2.05, 4.69) is 32.7 Å². The van der Waals surface area contributed by atoms with Crippen molar-refractivity contribution in [1.82, 2.24) is 9.88 Å². The Morgan fingerprint density at radius 3 is 2.57 bits per heavy atom. The van der Waals surface area contributed by atoms with Crippen LogP contribution in [0.15, 0.2) is 5.38 Å². The molecule has 0 radical (unpaired) electrons. The first kappa shape index (κ1) is 22.9. The minimum atomic E-state index is -0.389. The summed E-state index contributed by atoms with van der Waals surface area (Å²) in [6.45, 7) is 11.5. The normalized spacial score (nSPS) is 16.6. The van der Waals surface area contributed by atoms with Gasteiger partial charge in [-0.25, -0.2) is 9.78 Å². The van der Waals surface area contributed by atoms with Gasteiger partial charge in [0.15, 0.2) is 5.69 Å². The molecule has 1 fully saturated rings. The van der Waals surface area contributed by atoms with Gasteiger partial charge < -0.3 is 9.64 Å². The Morgan fingerprint density at radius 2 is 1.96 bits per heavy atom. The van der Waals surface area contributed by atoms with Crippen molar-refractivity contribution in [2.75, 3.05) is 6.61 Å². The van der Waals surface area contributed by atoms with Crippen molar-refractivity contribution in [3.63, 3.8) is 0 Å². The Hall–Kier alpha value is -1.43. The molecule has 158 valence electrons. The number of aromatic nitrogens is 1. The molecule has 1 heterocycles. The molecule has 1 atom stereocenters. The van der Waals surface area contributed by atoms with E-state index in [0.29, 0.717) is 31.2 Å². The van der Waals surface area contributed by atoms with Gasteiger partial charge in [-0.1, -0.05) is 47.0 Å². The van der Waals surface area contributed by atoms with Crippen LogP contribution in [0.1, 0.15) is 95.1 Å². The molecular weight excluding hydrogens is 372 g/mol. The minimum absolute atomic E-state index is 0.219. The van der Waals surface area contributed by atoms with Gasteiger partial charge in [0.25, 0.3) is 0 Å². The maximum atomic E-state index is 13.2. The van der Waals surface area contributed by atoms with Gasteiger partial charge in [-0.05, 0) is 37.5 Å². The Kier molecular flexibility index (Phi) is 8.47. The first-order valence-electron chi connectivity index (χ1n) is 10.6. The van der Waals surface area contributed by atoms with Gasteiger partial charge in [0, 0.05) is 17.8 Å². The van der Waals surface area contributed by atoms with Crippen molar-refractivity contribution in [2.24, 2.45) is 11.3 Å². The number of nitrogens with zero attached hydrogens (tertiary/aromatic N) is 2. The van der Waals surface area contributed by atoms with Gasteiger partial charge in [0.2, 0.25) is 5.91 Å². The van der Waals surface area contributed by atoms with E-state index in [1.807, 2.05) is 4.90 Å². The Labute approximate surface area is 173 Å². The highest BCUT2D eigenvalue weighted by Gasteiger charge is 2.28. The van der Waals surface area contributed by atoms with Crippen molar-refractivity contribution in [3.8, 4) is 0 Å². The predicted molar refractivity (Wildman–Crippen MR) is 113 cm³/mol. The second kappa shape index (κ2) is 10.4. The van der Waals surface area contributed by atoms with E-state index in [0.717, 1.165) is 24.3 Å². The summed E-state index contributed by atoms with van der Waals surface area (Å²) in [5, 5.41) is 2.55. The maximum Gasteiger partial charge on any atom is 0.357 e. The molecular formula is C22H36N2O3S. The zero-order valence-corrected chi connectivity index (χ0v) is 18.9. The van der Waals surface area contributed by atoms with E-state index >= 15 is 0 Å². The molecule has 0 N–H and O–H groups in total. The van der Waals surface area contributed by atoms with Crippen LogP contribution < -0.4 is 0 Å². The third kappa shape index (κ3) is 7.19. The number of carbonyl (C=O) groups is 2. The van der Waals surface area contributed by atoms with Crippen LogP contribution in [0.25, 0.3) is 0 Å². The lowest BCUT2D eigenvalue weighted by Gasteiger charge is -2.35. The number of thiazole rings is 1. The zero-order valence-electron chi connectivity index (χ0n) is 18.1. The molecule has 1 aliphatic rings. The van der Waals surface area contributed by atoms with Crippen molar-refractivity contribution in [2.45, 2.75) is 92.2 Å². The lowest BCUT2D eigenvalue weighted by atomic mass is 9.84. The van der Waals surface area contributed by atoms with Crippen LogP contribution in [-0.4, -0.2) is 34.4 Å². The average Bonchev–Trinajstić information content (AvgIpc) is 3.07. The quantitative estimate of drug-likeness (QED) is 0.537. The van der Waals surface area contributed by atoms with E-state index in [1.165, 1.54) is 30.6 Å². The van der Waals surface area contributed by atoms with Crippen molar-refractivity contribution >= 4 is 23.2 Å². The van der Waals surface area contributed by atoms with Gasteiger partial charge in [0.05, 0.1) is 13.2 Å². The fraction of sp³-hybridized carbons (Fsp3) is 0.773. The summed E-state index contributed by atoms with van der Waals surface area (Å²) < 4.78 is 5.03. The maximum absolute atomic E-state index is 13.2. The van der Waals surface area contributed by atoms with Crippen molar-refractivity contribution in [1.29, 1.82) is 0 Å². The fourth-order valence-corrected chi connectivity index (χ4v) is 4.94. The molecule has 0 spiro atoms. The lowest BCUT2D eigenvalue weighted by Crippen LogP contribution is -2.41. The molecule has 1 aromatic heterocycles. The number of ether oxygens (including phenoxy) is 1. The number of hydrogen-bond acceptors (Lipinski definition) is 5. The number of esters is 1. The molecule has 1 unspecified atom stereocenters. The standard InChI is InChI=1S/C22H36N2O3S/c1-6-27-21(26)18-15-28-19(23-18)14-24(17-10-8-7-9-11-17)20(25)12-16(2)13-22(3,4)5/h15-17H,6-14H2,1-5H3. The third-order valence-corrected chi connectivity index (χ3v) is 6.00. The fourth-order valence-electron chi connectivity index (χ4n) is 4.17. The predicted octanol–water partition coefficient (Wildman–Crippen LogP) is 5.44. The number of hydrogen-bond donors (Lipinski definition) is 0. The molecule has 1 aromatic rings. The van der Waals surface area contributed by atoms with E-state index in [-0.39, 0.29) is 23.3 Å². The Bertz CT molecular complexity index is 644. The molecule has 2 rings (SSSR count).